The summed E-state index contributed by atoms with van der Waals surface area (Å²) < 4.78 is 29.6. The Bertz CT molecular complexity index is 1420. The highest BCUT2D eigenvalue weighted by molar-refractivity contribution is 6.35. The lowest BCUT2D eigenvalue weighted by atomic mass is 10.0. The molecule has 3 aromatic rings. The first-order chi connectivity index (χ1) is 18.0. The lowest BCUT2D eigenvalue weighted by molar-refractivity contribution is -0.110. The van der Waals surface area contributed by atoms with Gasteiger partial charge in [0, 0.05) is 29.9 Å². The lowest BCUT2D eigenvalue weighted by Crippen LogP contribution is -2.37. The molecule has 6 rings (SSSR count). The van der Waals surface area contributed by atoms with Gasteiger partial charge in [0.1, 0.15) is 5.82 Å². The third-order valence-electron chi connectivity index (χ3n) is 6.33. The van der Waals surface area contributed by atoms with Crippen LogP contribution in [-0.2, 0) is 9.53 Å². The number of fused-ring (bicyclic) bond motifs is 2. The van der Waals surface area contributed by atoms with E-state index in [4.69, 9.17) is 14.2 Å². The number of ether oxygens (including phenoxy) is 3. The van der Waals surface area contributed by atoms with Crippen LogP contribution in [0.15, 0.2) is 54.6 Å². The number of anilines is 4. The van der Waals surface area contributed by atoms with E-state index in [0.29, 0.717) is 60.4 Å². The molecule has 3 heterocycles. The predicted octanol–water partition coefficient (Wildman–Crippen LogP) is 4.53. The zero-order valence-electron chi connectivity index (χ0n) is 19.7. The molecular weight excluding hydrogens is 479 g/mol. The van der Waals surface area contributed by atoms with Crippen molar-refractivity contribution in [1.29, 1.82) is 0 Å². The van der Waals surface area contributed by atoms with E-state index < -0.39 is 6.03 Å². The molecular formula is C27H23FN4O5. The second-order valence-corrected chi connectivity index (χ2v) is 8.73. The molecule has 0 spiro atoms. The summed E-state index contributed by atoms with van der Waals surface area (Å²) in [5.74, 6) is 0.671. The van der Waals surface area contributed by atoms with Crippen LogP contribution in [0.2, 0.25) is 0 Å². The molecule has 0 unspecified atom stereocenters. The van der Waals surface area contributed by atoms with Gasteiger partial charge in [-0.15, -0.1) is 0 Å². The van der Waals surface area contributed by atoms with E-state index in [1.165, 1.54) is 24.3 Å². The first kappa shape index (κ1) is 22.9. The largest absolute Gasteiger partial charge is 0.454 e. The molecule has 1 fully saturated rings. The van der Waals surface area contributed by atoms with E-state index in [-0.39, 0.29) is 18.5 Å². The molecule has 0 saturated carbocycles. The molecule has 3 N–H and O–H groups in total. The topological polar surface area (TPSA) is 101 Å². The smallest absolute Gasteiger partial charge is 0.323 e. The maximum absolute atomic E-state index is 13.2. The van der Waals surface area contributed by atoms with Gasteiger partial charge in [-0.3, -0.25) is 4.79 Å². The summed E-state index contributed by atoms with van der Waals surface area (Å²) in [5.41, 5.74) is 4.38. The third kappa shape index (κ3) is 4.66. The van der Waals surface area contributed by atoms with E-state index >= 15 is 0 Å². The zero-order valence-corrected chi connectivity index (χ0v) is 19.7. The van der Waals surface area contributed by atoms with Crippen LogP contribution in [-0.4, -0.2) is 45.0 Å². The van der Waals surface area contributed by atoms with E-state index in [1.54, 1.807) is 12.1 Å². The molecule has 0 bridgehead atoms. The van der Waals surface area contributed by atoms with Crippen LogP contribution in [0.1, 0.15) is 11.1 Å². The SMILES string of the molecule is O=C(Nc1ccc(F)cc1)Nc1cc2c(cc1N1CCOCC1)/C(=C/c1ccc3c(c1)OCO3)C(=O)N2. The highest BCUT2D eigenvalue weighted by atomic mass is 19.1. The van der Waals surface area contributed by atoms with Crippen molar-refractivity contribution in [3.63, 3.8) is 0 Å². The summed E-state index contributed by atoms with van der Waals surface area (Å²) in [6.07, 6.45) is 1.81. The number of amides is 3. The van der Waals surface area contributed by atoms with Crippen LogP contribution in [0.25, 0.3) is 11.6 Å². The van der Waals surface area contributed by atoms with Gasteiger partial charge < -0.3 is 35.1 Å². The molecule has 188 valence electrons. The van der Waals surface area contributed by atoms with Gasteiger partial charge in [-0.2, -0.15) is 0 Å². The van der Waals surface area contributed by atoms with Crippen LogP contribution >= 0.6 is 0 Å². The van der Waals surface area contributed by atoms with Crippen LogP contribution in [0.3, 0.4) is 0 Å². The van der Waals surface area contributed by atoms with Crippen molar-refractivity contribution in [2.75, 3.05) is 53.9 Å². The first-order valence-electron chi connectivity index (χ1n) is 11.8. The normalized spacial score (nSPS) is 16.9. The van der Waals surface area contributed by atoms with Gasteiger partial charge in [0.05, 0.1) is 30.3 Å². The predicted molar refractivity (Wildman–Crippen MR) is 138 cm³/mol. The van der Waals surface area contributed by atoms with Crippen molar-refractivity contribution in [2.45, 2.75) is 0 Å². The Morgan fingerprint density at radius 3 is 2.57 bits per heavy atom. The van der Waals surface area contributed by atoms with Gasteiger partial charge in [0.2, 0.25) is 6.79 Å². The Balaban J connectivity index is 1.33. The molecule has 3 aliphatic heterocycles. The monoisotopic (exact) mass is 502 g/mol. The number of halogens is 1. The fourth-order valence-corrected chi connectivity index (χ4v) is 4.52. The van der Waals surface area contributed by atoms with Crippen molar-refractivity contribution in [2.24, 2.45) is 0 Å². The molecule has 9 nitrogen and oxygen atoms in total. The molecule has 37 heavy (non-hydrogen) atoms. The van der Waals surface area contributed by atoms with Crippen molar-refractivity contribution in [3.8, 4) is 11.5 Å². The summed E-state index contributed by atoms with van der Waals surface area (Å²) in [6, 6.07) is 14.2. The molecule has 0 aromatic heterocycles. The van der Waals surface area contributed by atoms with E-state index in [1.807, 2.05) is 24.3 Å². The maximum atomic E-state index is 13.2. The second-order valence-electron chi connectivity index (χ2n) is 8.73. The summed E-state index contributed by atoms with van der Waals surface area (Å²) in [5, 5.41) is 8.49. The maximum Gasteiger partial charge on any atom is 0.323 e. The number of urea groups is 1. The lowest BCUT2D eigenvalue weighted by Gasteiger charge is -2.31. The van der Waals surface area contributed by atoms with Crippen molar-refractivity contribution >= 4 is 46.3 Å². The minimum atomic E-state index is -0.485. The number of nitrogens with zero attached hydrogens (tertiary/aromatic N) is 1. The minimum Gasteiger partial charge on any atom is -0.454 e. The summed E-state index contributed by atoms with van der Waals surface area (Å²) in [6.45, 7) is 2.54. The molecule has 3 amide bonds. The fourth-order valence-electron chi connectivity index (χ4n) is 4.52. The molecule has 0 atom stereocenters. The fraction of sp³-hybridized carbons (Fsp3) is 0.185. The van der Waals surface area contributed by atoms with Crippen molar-refractivity contribution in [3.05, 3.63) is 71.5 Å². The van der Waals surface area contributed by atoms with Gasteiger partial charge >= 0.3 is 6.03 Å². The number of hydrogen-bond acceptors (Lipinski definition) is 6. The Morgan fingerprint density at radius 2 is 1.76 bits per heavy atom. The summed E-state index contributed by atoms with van der Waals surface area (Å²) in [4.78, 5) is 27.9. The molecule has 3 aromatic carbocycles. The Hall–Kier alpha value is -4.57. The third-order valence-corrected chi connectivity index (χ3v) is 6.33. The standard InChI is InChI=1S/C27H23FN4O5/c28-17-2-4-18(5-3-17)29-27(34)31-22-14-21-19(13-23(22)32-7-9-35-10-8-32)20(26(33)30-21)11-16-1-6-24-25(12-16)37-15-36-24/h1-6,11-14H,7-10,15H2,(H,30,33)(H2,29,31,34)/b20-11-. The Labute approximate surface area is 211 Å². The summed E-state index contributed by atoms with van der Waals surface area (Å²) in [7, 11) is 0. The molecule has 10 heteroatoms. The van der Waals surface area contributed by atoms with E-state index in [0.717, 1.165) is 16.8 Å². The van der Waals surface area contributed by atoms with Crippen LogP contribution < -0.4 is 30.3 Å². The number of morpholine rings is 1. The number of benzene rings is 3. The van der Waals surface area contributed by atoms with Gasteiger partial charge in [0.15, 0.2) is 11.5 Å². The van der Waals surface area contributed by atoms with Gasteiger partial charge in [-0.1, -0.05) is 6.07 Å². The first-order valence-corrected chi connectivity index (χ1v) is 11.8. The highest BCUT2D eigenvalue weighted by Gasteiger charge is 2.28. The number of carbonyl (C=O) groups excluding carboxylic acids is 2. The summed E-state index contributed by atoms with van der Waals surface area (Å²) >= 11 is 0. The second kappa shape index (κ2) is 9.47. The van der Waals surface area contributed by atoms with Crippen LogP contribution in [0.4, 0.5) is 31.9 Å². The average molecular weight is 503 g/mol. The molecule has 0 aliphatic carbocycles. The molecule has 3 aliphatic rings. The quantitative estimate of drug-likeness (QED) is 0.454. The number of carbonyl (C=O) groups is 2. The van der Waals surface area contributed by atoms with E-state index in [2.05, 4.69) is 20.9 Å². The average Bonchev–Trinajstić information content (AvgIpc) is 3.49. The Kier molecular flexibility index (Phi) is 5.85. The highest BCUT2D eigenvalue weighted by Crippen LogP contribution is 2.41. The van der Waals surface area contributed by atoms with Crippen molar-refractivity contribution < 1.29 is 28.2 Å². The number of rotatable bonds is 4. The van der Waals surface area contributed by atoms with Crippen LogP contribution in [0, 0.1) is 5.82 Å². The number of hydrogen-bond donors (Lipinski definition) is 3. The van der Waals surface area contributed by atoms with E-state index in [9.17, 15) is 14.0 Å². The zero-order chi connectivity index (χ0) is 25.4. The minimum absolute atomic E-state index is 0.173. The molecule has 0 radical (unpaired) electrons. The van der Waals surface area contributed by atoms with Crippen LogP contribution in [0.5, 0.6) is 11.5 Å². The molecule has 1 saturated heterocycles. The van der Waals surface area contributed by atoms with Gasteiger partial charge in [-0.25, -0.2) is 9.18 Å². The Morgan fingerprint density at radius 1 is 0.973 bits per heavy atom. The number of nitrogens with one attached hydrogen (secondary N) is 3. The van der Waals surface area contributed by atoms with Crippen molar-refractivity contribution in [1.82, 2.24) is 0 Å². The van der Waals surface area contributed by atoms with Gasteiger partial charge in [-0.05, 0) is 60.2 Å². The van der Waals surface area contributed by atoms with Gasteiger partial charge in [0.25, 0.3) is 5.91 Å².